The Hall–Kier alpha value is -2.27. The van der Waals surface area contributed by atoms with Crippen LogP contribution in [-0.4, -0.2) is 58.5 Å². The summed E-state index contributed by atoms with van der Waals surface area (Å²) in [6.07, 6.45) is 0.963. The van der Waals surface area contributed by atoms with Gasteiger partial charge in [-0.3, -0.25) is 9.69 Å². The van der Waals surface area contributed by atoms with Gasteiger partial charge in [-0.15, -0.1) is 0 Å². The number of likely N-dealkylation sites (tertiary alicyclic amines) is 1. The largest absolute Gasteiger partial charge is 0.480 e. The zero-order valence-electron chi connectivity index (χ0n) is 18.8. The average Bonchev–Trinajstić information content (AvgIpc) is 2.73. The molecule has 0 radical (unpaired) electrons. The van der Waals surface area contributed by atoms with Gasteiger partial charge in [-0.25, -0.2) is 21.6 Å². The molecule has 1 saturated heterocycles. The normalized spacial score (nSPS) is 20.1. The van der Waals surface area contributed by atoms with E-state index in [0.29, 0.717) is 42.6 Å². The van der Waals surface area contributed by atoms with E-state index in [2.05, 4.69) is 4.72 Å². The zero-order chi connectivity index (χ0) is 24.2. The number of fused-ring (bicyclic) bond motifs is 2. The minimum absolute atomic E-state index is 0.0217. The quantitative estimate of drug-likeness (QED) is 0.657. The molecule has 2 aromatic carbocycles. The number of sulfonamides is 1. The van der Waals surface area contributed by atoms with E-state index in [1.807, 2.05) is 13.8 Å². The van der Waals surface area contributed by atoms with Gasteiger partial charge >= 0.3 is 5.97 Å². The topological polar surface area (TPSA) is 121 Å². The van der Waals surface area contributed by atoms with Gasteiger partial charge in [-0.2, -0.15) is 0 Å². The van der Waals surface area contributed by atoms with Crippen LogP contribution in [-0.2, 0) is 30.1 Å². The van der Waals surface area contributed by atoms with Crippen LogP contribution in [0.15, 0.2) is 51.1 Å². The van der Waals surface area contributed by atoms with Crippen molar-refractivity contribution in [1.29, 1.82) is 0 Å². The molecule has 2 aliphatic rings. The van der Waals surface area contributed by atoms with E-state index >= 15 is 0 Å². The number of benzene rings is 2. The molecular weight excluding hydrogens is 464 g/mol. The lowest BCUT2D eigenvalue weighted by Gasteiger charge is -2.35. The Kier molecular flexibility index (Phi) is 5.93. The fourth-order valence-electron chi connectivity index (χ4n) is 4.83. The highest BCUT2D eigenvalue weighted by atomic mass is 32.2. The molecule has 2 N–H and O–H groups in total. The van der Waals surface area contributed by atoms with Crippen molar-refractivity contribution in [3.05, 3.63) is 53.1 Å². The number of hydrogen-bond acceptors (Lipinski definition) is 6. The molecule has 0 bridgehead atoms. The predicted molar refractivity (Wildman–Crippen MR) is 123 cm³/mol. The summed E-state index contributed by atoms with van der Waals surface area (Å²) in [5.74, 6) is -0.913. The summed E-state index contributed by atoms with van der Waals surface area (Å²) in [6.45, 7) is 6.43. The molecule has 0 unspecified atom stereocenters. The number of aryl methyl sites for hydroxylation is 1. The molecule has 8 nitrogen and oxygen atoms in total. The number of nitrogens with one attached hydrogen (secondary N) is 1. The number of carbonyl (C=O) groups is 1. The molecule has 1 fully saturated rings. The number of nitrogens with zero attached hydrogens (tertiary/aromatic N) is 1. The van der Waals surface area contributed by atoms with Gasteiger partial charge in [0.2, 0.25) is 19.9 Å². The molecule has 0 atom stereocenters. The Labute approximate surface area is 194 Å². The Bertz CT molecular complexity index is 1320. The summed E-state index contributed by atoms with van der Waals surface area (Å²) in [5, 5.41) is 8.93. The molecular formula is C23H28N2O6S2. The number of carboxylic acid groups (broad SMARTS) is 1. The van der Waals surface area contributed by atoms with Gasteiger partial charge in [0.1, 0.15) is 0 Å². The highest BCUT2D eigenvalue weighted by molar-refractivity contribution is 7.92. The van der Waals surface area contributed by atoms with Crippen LogP contribution in [0, 0.1) is 6.92 Å². The molecule has 0 aromatic heterocycles. The zero-order valence-corrected chi connectivity index (χ0v) is 20.5. The molecule has 0 aliphatic carbocycles. The summed E-state index contributed by atoms with van der Waals surface area (Å²) >= 11 is 0. The third-order valence-corrected chi connectivity index (χ3v) is 10.2. The molecule has 2 heterocycles. The van der Waals surface area contributed by atoms with Gasteiger partial charge in [-0.05, 0) is 48.6 Å². The monoisotopic (exact) mass is 492 g/mol. The predicted octanol–water partition coefficient (Wildman–Crippen LogP) is 2.29. The van der Waals surface area contributed by atoms with E-state index in [4.69, 9.17) is 5.11 Å². The van der Waals surface area contributed by atoms with E-state index in [0.717, 1.165) is 0 Å². The van der Waals surface area contributed by atoms with E-state index in [9.17, 15) is 21.6 Å². The second-order valence-electron chi connectivity index (χ2n) is 9.30. The summed E-state index contributed by atoms with van der Waals surface area (Å²) in [7, 11) is -7.86. The first kappa shape index (κ1) is 23.9. The van der Waals surface area contributed by atoms with E-state index in [1.165, 1.54) is 6.07 Å². The molecule has 2 aliphatic heterocycles. The number of piperidine rings is 1. The van der Waals surface area contributed by atoms with Crippen molar-refractivity contribution < 1.29 is 26.7 Å². The van der Waals surface area contributed by atoms with Gasteiger partial charge in [0.25, 0.3) is 0 Å². The number of rotatable bonds is 5. The molecule has 0 spiro atoms. The van der Waals surface area contributed by atoms with Gasteiger partial charge < -0.3 is 5.11 Å². The van der Waals surface area contributed by atoms with Crippen LogP contribution in [0.2, 0.25) is 0 Å². The molecule has 33 heavy (non-hydrogen) atoms. The van der Waals surface area contributed by atoms with Gasteiger partial charge in [-0.1, -0.05) is 38.1 Å². The van der Waals surface area contributed by atoms with Crippen LogP contribution in [0.3, 0.4) is 0 Å². The van der Waals surface area contributed by atoms with Crippen molar-refractivity contribution in [2.45, 2.75) is 59.8 Å². The average molecular weight is 493 g/mol. The number of carboxylic acids is 1. The Morgan fingerprint density at radius 3 is 2.39 bits per heavy atom. The maximum atomic E-state index is 13.4. The minimum atomic E-state index is -3.98. The lowest BCUT2D eigenvalue weighted by Crippen LogP contribution is -2.46. The molecule has 2 aromatic rings. The highest BCUT2D eigenvalue weighted by Gasteiger charge is 2.41. The maximum absolute atomic E-state index is 13.4. The van der Waals surface area contributed by atoms with Gasteiger partial charge in [0.15, 0.2) is 0 Å². The minimum Gasteiger partial charge on any atom is -0.480 e. The first-order valence-corrected chi connectivity index (χ1v) is 13.8. The summed E-state index contributed by atoms with van der Waals surface area (Å²) in [6, 6.07) is 9.46. The SMILES string of the molecule is Cc1cc2c(cc1S(=O)(=O)NC1CCN(CC(=O)O)CC1)S(=O)(=O)c1ccccc1C2(C)C. The van der Waals surface area contributed by atoms with Crippen LogP contribution in [0.25, 0.3) is 0 Å². The standard InChI is InChI=1S/C23H28N2O6S2/c1-15-12-18-21(32(28,29)19-7-5-4-6-17(19)23(18,2)3)13-20(15)33(30,31)24-16-8-10-25(11-9-16)14-22(26)27/h4-7,12-13,16,24H,8-11,14H2,1-3H3,(H,26,27). The van der Waals surface area contributed by atoms with E-state index in [1.54, 1.807) is 42.2 Å². The van der Waals surface area contributed by atoms with Crippen molar-refractivity contribution in [3.8, 4) is 0 Å². The van der Waals surface area contributed by atoms with E-state index < -0.39 is 31.2 Å². The molecule has 178 valence electrons. The second kappa shape index (κ2) is 8.19. The third kappa shape index (κ3) is 4.21. The second-order valence-corrected chi connectivity index (χ2v) is 12.9. The lowest BCUT2D eigenvalue weighted by molar-refractivity contribution is -0.138. The fraction of sp³-hybridized carbons (Fsp3) is 0.435. The van der Waals surface area contributed by atoms with Crippen LogP contribution in [0.4, 0.5) is 0 Å². The van der Waals surface area contributed by atoms with Crippen LogP contribution >= 0.6 is 0 Å². The fourth-order valence-corrected chi connectivity index (χ4v) is 8.45. The first-order chi connectivity index (χ1) is 15.3. The summed E-state index contributed by atoms with van der Waals surface area (Å²) in [5.41, 5.74) is 1.15. The summed E-state index contributed by atoms with van der Waals surface area (Å²) in [4.78, 5) is 12.8. The van der Waals surface area contributed by atoms with Crippen LogP contribution in [0.5, 0.6) is 0 Å². The summed E-state index contributed by atoms with van der Waals surface area (Å²) < 4.78 is 56.1. The Balaban J connectivity index is 1.68. The van der Waals surface area contributed by atoms with Crippen LogP contribution in [0.1, 0.15) is 43.4 Å². The maximum Gasteiger partial charge on any atom is 0.317 e. The van der Waals surface area contributed by atoms with E-state index in [-0.39, 0.29) is 27.3 Å². The molecule has 10 heteroatoms. The molecule has 0 saturated carbocycles. The highest BCUT2D eigenvalue weighted by Crippen LogP contribution is 2.46. The Morgan fingerprint density at radius 1 is 1.12 bits per heavy atom. The number of aliphatic carboxylic acids is 1. The number of hydrogen-bond donors (Lipinski definition) is 2. The van der Waals surface area contributed by atoms with Crippen molar-refractivity contribution in [2.75, 3.05) is 19.6 Å². The third-order valence-electron chi connectivity index (χ3n) is 6.65. The Morgan fingerprint density at radius 2 is 1.76 bits per heavy atom. The van der Waals surface area contributed by atoms with Crippen molar-refractivity contribution in [3.63, 3.8) is 0 Å². The first-order valence-electron chi connectivity index (χ1n) is 10.8. The van der Waals surface area contributed by atoms with Crippen molar-refractivity contribution in [1.82, 2.24) is 9.62 Å². The van der Waals surface area contributed by atoms with Gasteiger partial charge in [0, 0.05) is 24.5 Å². The van der Waals surface area contributed by atoms with Crippen LogP contribution < -0.4 is 4.72 Å². The van der Waals surface area contributed by atoms with Crippen molar-refractivity contribution in [2.24, 2.45) is 0 Å². The molecule has 0 amide bonds. The van der Waals surface area contributed by atoms with Gasteiger partial charge in [0.05, 0.1) is 21.2 Å². The van der Waals surface area contributed by atoms with Crippen molar-refractivity contribution >= 4 is 25.8 Å². The molecule has 4 rings (SSSR count). The number of sulfone groups is 1. The lowest BCUT2D eigenvalue weighted by atomic mass is 9.77. The smallest absolute Gasteiger partial charge is 0.317 e.